The predicted molar refractivity (Wildman–Crippen MR) is 121 cm³/mol. The highest BCUT2D eigenvalue weighted by Gasteiger charge is 2.16. The van der Waals surface area contributed by atoms with Gasteiger partial charge < -0.3 is 14.9 Å². The van der Waals surface area contributed by atoms with E-state index in [0.717, 1.165) is 10.9 Å². The molecule has 0 radical (unpaired) electrons. The molecule has 0 saturated carbocycles. The first kappa shape index (κ1) is 20.6. The summed E-state index contributed by atoms with van der Waals surface area (Å²) in [7, 11) is 0.145. The zero-order valence-corrected chi connectivity index (χ0v) is 18.1. The first-order valence-electron chi connectivity index (χ1n) is 9.33. The van der Waals surface area contributed by atoms with Gasteiger partial charge in [0.15, 0.2) is 0 Å². The summed E-state index contributed by atoms with van der Waals surface area (Å²) < 4.78 is 27.7. The van der Waals surface area contributed by atoms with E-state index in [1.807, 2.05) is 25.1 Å². The number of hydrogen-bond acceptors (Lipinski definition) is 4. The van der Waals surface area contributed by atoms with Gasteiger partial charge in [0, 0.05) is 34.5 Å². The molecule has 3 N–H and O–H groups in total. The number of likely N-dealkylation sites (N-methyl/N-ethyl adjacent to an activating group) is 1. The highest BCUT2D eigenvalue weighted by Crippen LogP contribution is 2.26. The van der Waals surface area contributed by atoms with Gasteiger partial charge in [0.25, 0.3) is 5.56 Å². The van der Waals surface area contributed by atoms with E-state index < -0.39 is 10.0 Å². The minimum atomic E-state index is -3.61. The molecule has 156 valence electrons. The lowest BCUT2D eigenvalue weighted by atomic mass is 10.1. The fourth-order valence-electron chi connectivity index (χ4n) is 3.28. The van der Waals surface area contributed by atoms with Crippen LogP contribution in [0.4, 0.5) is 0 Å². The maximum absolute atomic E-state index is 12.6. The molecule has 4 rings (SSSR count). The van der Waals surface area contributed by atoms with Gasteiger partial charge in [-0.25, -0.2) is 13.1 Å². The van der Waals surface area contributed by atoms with Crippen LogP contribution in [0.5, 0.6) is 0 Å². The Kier molecular flexibility index (Phi) is 5.42. The summed E-state index contributed by atoms with van der Waals surface area (Å²) in [6.07, 6.45) is 0. The molecular weight excluding hydrogens is 424 g/mol. The summed E-state index contributed by atoms with van der Waals surface area (Å²) in [5, 5.41) is 2.10. The van der Waals surface area contributed by atoms with Gasteiger partial charge in [0.2, 0.25) is 10.0 Å². The van der Waals surface area contributed by atoms with Gasteiger partial charge >= 0.3 is 0 Å². The Hall–Kier alpha value is -2.65. The number of pyridine rings is 1. The number of rotatable bonds is 6. The predicted octanol–water partition coefficient (Wildman–Crippen LogP) is 3.17. The van der Waals surface area contributed by atoms with Gasteiger partial charge in [-0.3, -0.25) is 4.79 Å². The molecule has 2 aromatic carbocycles. The maximum atomic E-state index is 12.6. The van der Waals surface area contributed by atoms with E-state index in [2.05, 4.69) is 14.7 Å². The number of nitrogens with zero attached hydrogens (tertiary/aromatic N) is 1. The monoisotopic (exact) mass is 444 g/mol. The zero-order valence-electron chi connectivity index (χ0n) is 16.5. The fourth-order valence-corrected chi connectivity index (χ4v) is 4.51. The van der Waals surface area contributed by atoms with Gasteiger partial charge in [0.05, 0.1) is 16.2 Å². The molecular formula is C21H21ClN4O3S. The molecule has 0 spiro atoms. The van der Waals surface area contributed by atoms with E-state index in [1.165, 1.54) is 0 Å². The van der Waals surface area contributed by atoms with E-state index in [-0.39, 0.29) is 10.5 Å². The first-order chi connectivity index (χ1) is 14.2. The van der Waals surface area contributed by atoms with Crippen LogP contribution in [0.1, 0.15) is 0 Å². The van der Waals surface area contributed by atoms with Crippen molar-refractivity contribution in [2.45, 2.75) is 4.90 Å². The lowest BCUT2D eigenvalue weighted by Crippen LogP contribution is -2.31. The van der Waals surface area contributed by atoms with E-state index in [0.29, 0.717) is 40.3 Å². The van der Waals surface area contributed by atoms with Crippen molar-refractivity contribution in [1.82, 2.24) is 19.6 Å². The number of nitrogens with one attached hydrogen (secondary N) is 3. The van der Waals surface area contributed by atoms with Gasteiger partial charge in [-0.15, -0.1) is 0 Å². The number of hydrogen-bond donors (Lipinski definition) is 3. The van der Waals surface area contributed by atoms with E-state index in [4.69, 9.17) is 11.6 Å². The zero-order chi connectivity index (χ0) is 21.5. The van der Waals surface area contributed by atoms with Crippen LogP contribution in [-0.2, 0) is 10.0 Å². The van der Waals surface area contributed by atoms with Crippen molar-refractivity contribution >= 4 is 43.4 Å². The van der Waals surface area contributed by atoms with E-state index in [1.54, 1.807) is 42.5 Å². The summed E-state index contributed by atoms with van der Waals surface area (Å²) in [4.78, 5) is 20.7. The Labute approximate surface area is 178 Å². The van der Waals surface area contributed by atoms with Crippen LogP contribution < -0.4 is 10.3 Å². The third-order valence-corrected chi connectivity index (χ3v) is 6.55. The topological polar surface area (TPSA) is 98.1 Å². The molecule has 7 nitrogen and oxygen atoms in total. The lowest BCUT2D eigenvalue weighted by molar-refractivity contribution is 0.412. The number of fused-ring (bicyclic) bond motifs is 2. The minimum absolute atomic E-state index is 0.182. The van der Waals surface area contributed by atoms with Crippen molar-refractivity contribution in [1.29, 1.82) is 0 Å². The Morgan fingerprint density at radius 1 is 0.967 bits per heavy atom. The molecule has 2 heterocycles. The SMILES string of the molecule is CN(C)CCNS(=O)(=O)c1ccc2[nH]c(-c3cc4ccc(Cl)cc4[nH]c3=O)cc2c1. The number of halogens is 1. The molecule has 0 unspecified atom stereocenters. The number of aromatic nitrogens is 2. The molecule has 30 heavy (non-hydrogen) atoms. The number of H-pyrrole nitrogens is 2. The number of sulfonamides is 1. The first-order valence-corrected chi connectivity index (χ1v) is 11.2. The lowest BCUT2D eigenvalue weighted by Gasteiger charge is -2.11. The molecule has 0 saturated heterocycles. The summed E-state index contributed by atoms with van der Waals surface area (Å²) in [5.41, 5.74) is 2.22. The summed E-state index contributed by atoms with van der Waals surface area (Å²) in [5.74, 6) is 0. The average molecular weight is 445 g/mol. The van der Waals surface area contributed by atoms with E-state index in [9.17, 15) is 13.2 Å². The van der Waals surface area contributed by atoms with Crippen LogP contribution in [0.15, 0.2) is 58.2 Å². The molecule has 0 aliphatic heterocycles. The van der Waals surface area contributed by atoms with E-state index >= 15 is 0 Å². The Morgan fingerprint density at radius 2 is 1.77 bits per heavy atom. The normalized spacial score (nSPS) is 12.3. The van der Waals surface area contributed by atoms with Gasteiger partial charge in [-0.1, -0.05) is 17.7 Å². The fraction of sp³-hybridized carbons (Fsp3) is 0.190. The molecule has 0 bridgehead atoms. The third kappa shape index (κ3) is 4.13. The standard InChI is InChI=1S/C21H21ClN4O3S/c1-26(2)8-7-23-30(28,29)16-5-6-18-14(9-16)11-20(24-18)17-10-13-3-4-15(22)12-19(13)25-21(17)27/h3-6,9-12,23-24H,7-8H2,1-2H3,(H,25,27). The second-order valence-corrected chi connectivity index (χ2v) is 9.58. The van der Waals surface area contributed by atoms with Crippen LogP contribution in [0.3, 0.4) is 0 Å². The van der Waals surface area contributed by atoms with Gasteiger partial charge in [-0.05, 0) is 61.9 Å². The van der Waals surface area contributed by atoms with Crippen LogP contribution in [-0.4, -0.2) is 50.5 Å². The van der Waals surface area contributed by atoms with Gasteiger partial charge in [-0.2, -0.15) is 0 Å². The Bertz CT molecular complexity index is 1410. The quantitative estimate of drug-likeness (QED) is 0.425. The third-order valence-electron chi connectivity index (χ3n) is 4.85. The van der Waals surface area contributed by atoms with Crippen molar-refractivity contribution in [3.05, 3.63) is 63.9 Å². The number of aromatic amines is 2. The molecule has 9 heteroatoms. The highest BCUT2D eigenvalue weighted by atomic mass is 35.5. The van der Waals surface area contributed by atoms with Crippen LogP contribution in [0, 0.1) is 0 Å². The van der Waals surface area contributed by atoms with Gasteiger partial charge in [0.1, 0.15) is 0 Å². The molecule has 0 amide bonds. The van der Waals surface area contributed by atoms with Crippen molar-refractivity contribution in [2.24, 2.45) is 0 Å². The van der Waals surface area contributed by atoms with Crippen molar-refractivity contribution in [3.63, 3.8) is 0 Å². The van der Waals surface area contributed by atoms with Crippen molar-refractivity contribution in [3.8, 4) is 11.3 Å². The van der Waals surface area contributed by atoms with Crippen molar-refractivity contribution in [2.75, 3.05) is 27.2 Å². The van der Waals surface area contributed by atoms with Crippen molar-refractivity contribution < 1.29 is 8.42 Å². The van der Waals surface area contributed by atoms with Crippen LogP contribution in [0.2, 0.25) is 5.02 Å². The maximum Gasteiger partial charge on any atom is 0.257 e. The molecule has 0 fully saturated rings. The number of benzene rings is 2. The summed E-state index contributed by atoms with van der Waals surface area (Å²) in [6, 6.07) is 13.7. The molecule has 0 aliphatic rings. The molecule has 0 aliphatic carbocycles. The molecule has 2 aromatic heterocycles. The molecule has 4 aromatic rings. The molecule has 0 atom stereocenters. The Morgan fingerprint density at radius 3 is 2.53 bits per heavy atom. The average Bonchev–Trinajstić information content (AvgIpc) is 3.10. The summed E-state index contributed by atoms with van der Waals surface area (Å²) in [6.45, 7) is 0.925. The largest absolute Gasteiger partial charge is 0.354 e. The minimum Gasteiger partial charge on any atom is -0.354 e. The second-order valence-electron chi connectivity index (χ2n) is 7.38. The Balaban J connectivity index is 1.71. The summed E-state index contributed by atoms with van der Waals surface area (Å²) >= 11 is 6.00. The van der Waals surface area contributed by atoms with Crippen LogP contribution in [0.25, 0.3) is 33.1 Å². The highest BCUT2D eigenvalue weighted by molar-refractivity contribution is 7.89. The van der Waals surface area contributed by atoms with Crippen LogP contribution >= 0.6 is 11.6 Å². The smallest absolute Gasteiger partial charge is 0.257 e. The second kappa shape index (κ2) is 7.88.